The van der Waals surface area contributed by atoms with Crippen molar-refractivity contribution in [2.75, 3.05) is 28.1 Å². The molecule has 2 aliphatic carbocycles. The number of aliphatic hydroxyl groups is 2. The molecule has 150 valence electrons. The van der Waals surface area contributed by atoms with Crippen LogP contribution in [0.5, 0.6) is 11.5 Å². The van der Waals surface area contributed by atoms with Crippen LogP contribution in [-0.4, -0.2) is 50.5 Å². The van der Waals surface area contributed by atoms with Crippen molar-refractivity contribution in [2.24, 2.45) is 5.41 Å². The molecular weight excluding hydrogens is 348 g/mol. The monoisotopic (exact) mass is 378 g/mol. The lowest BCUT2D eigenvalue weighted by Crippen LogP contribution is -2.45. The Hall–Kier alpha value is -1.60. The van der Waals surface area contributed by atoms with E-state index in [1.165, 1.54) is 0 Å². The van der Waals surface area contributed by atoms with E-state index in [-0.39, 0.29) is 18.3 Å². The van der Waals surface area contributed by atoms with E-state index in [0.717, 1.165) is 36.8 Å². The average Bonchev–Trinajstić information content (AvgIpc) is 2.69. The van der Waals surface area contributed by atoms with Crippen LogP contribution in [0, 0.1) is 5.41 Å². The van der Waals surface area contributed by atoms with Crippen LogP contribution in [0.1, 0.15) is 43.8 Å². The Morgan fingerprint density at radius 3 is 2.41 bits per heavy atom. The molecule has 0 amide bonds. The number of hydrogen-bond donors (Lipinski definition) is 2. The Morgan fingerprint density at radius 2 is 1.78 bits per heavy atom. The number of benzene rings is 1. The van der Waals surface area contributed by atoms with Gasteiger partial charge < -0.3 is 29.2 Å². The number of hydrogen-bond acceptors (Lipinski definition) is 6. The Kier molecular flexibility index (Phi) is 6.42. The summed E-state index contributed by atoms with van der Waals surface area (Å²) in [5.74, 6) is 1.37. The van der Waals surface area contributed by atoms with Gasteiger partial charge in [-0.05, 0) is 43.4 Å². The fraction of sp³-hybridized carbons (Fsp3) is 0.619. The van der Waals surface area contributed by atoms with Crippen molar-refractivity contribution in [1.82, 2.24) is 0 Å². The first kappa shape index (κ1) is 20.1. The molecule has 0 spiro atoms. The molecule has 1 aromatic carbocycles. The molecule has 2 unspecified atom stereocenters. The second-order valence-corrected chi connectivity index (χ2v) is 7.42. The Bertz CT molecular complexity index is 650. The zero-order valence-electron chi connectivity index (χ0n) is 16.3. The van der Waals surface area contributed by atoms with Gasteiger partial charge in [0.25, 0.3) is 0 Å². The van der Waals surface area contributed by atoms with Gasteiger partial charge in [0.05, 0.1) is 32.5 Å². The van der Waals surface area contributed by atoms with Crippen LogP contribution in [-0.2, 0) is 9.47 Å². The maximum atomic E-state index is 10.5. The third-order valence-electron chi connectivity index (χ3n) is 5.83. The summed E-state index contributed by atoms with van der Waals surface area (Å²) in [5, 5.41) is 20.7. The minimum Gasteiger partial charge on any atom is -0.497 e. The maximum absolute atomic E-state index is 10.5. The molecule has 6 nitrogen and oxygen atoms in total. The molecule has 0 heterocycles. The van der Waals surface area contributed by atoms with Crippen molar-refractivity contribution in [3.8, 4) is 11.5 Å². The third kappa shape index (κ3) is 3.99. The second kappa shape index (κ2) is 8.61. The number of methoxy groups -OCH3 is 3. The Morgan fingerprint density at radius 1 is 1.07 bits per heavy atom. The van der Waals surface area contributed by atoms with Crippen LogP contribution >= 0.6 is 0 Å². The summed E-state index contributed by atoms with van der Waals surface area (Å²) < 4.78 is 22.3. The number of ether oxygens (including phenoxy) is 4. The Labute approximate surface area is 160 Å². The lowest BCUT2D eigenvalue weighted by Gasteiger charge is -2.49. The fourth-order valence-corrected chi connectivity index (χ4v) is 4.56. The van der Waals surface area contributed by atoms with Gasteiger partial charge in [0, 0.05) is 18.6 Å². The Balaban J connectivity index is 2.09. The van der Waals surface area contributed by atoms with E-state index in [2.05, 4.69) is 0 Å². The van der Waals surface area contributed by atoms with E-state index in [4.69, 9.17) is 18.9 Å². The zero-order chi connectivity index (χ0) is 19.4. The van der Waals surface area contributed by atoms with Gasteiger partial charge in [-0.25, -0.2) is 0 Å². The molecule has 0 aliphatic heterocycles. The topological polar surface area (TPSA) is 77.4 Å². The van der Waals surface area contributed by atoms with Crippen LogP contribution in [0.4, 0.5) is 0 Å². The van der Waals surface area contributed by atoms with Crippen molar-refractivity contribution in [1.29, 1.82) is 0 Å². The molecule has 0 saturated heterocycles. The van der Waals surface area contributed by atoms with Crippen LogP contribution in [0.3, 0.4) is 0 Å². The highest BCUT2D eigenvalue weighted by atomic mass is 16.7. The van der Waals surface area contributed by atoms with E-state index >= 15 is 0 Å². The van der Waals surface area contributed by atoms with Gasteiger partial charge in [-0.1, -0.05) is 18.1 Å². The minimum atomic E-state index is -0.825. The van der Waals surface area contributed by atoms with Gasteiger partial charge in [0.1, 0.15) is 18.3 Å². The summed E-state index contributed by atoms with van der Waals surface area (Å²) in [6, 6.07) is 5.72. The van der Waals surface area contributed by atoms with E-state index in [9.17, 15) is 10.2 Å². The standard InChI is InChI=1S/C21H30O6/c1-24-13-27-20(14-8-16(25-2)11-17(9-14)26-3)21-7-5-4-6-15(21)10-18(22)19(23)12-21/h8-11,18-20,22-23H,4-7,12-13H2,1-3H3/t18?,19?,20-,21-/m0/s1. The lowest BCUT2D eigenvalue weighted by atomic mass is 9.59. The van der Waals surface area contributed by atoms with Gasteiger partial charge >= 0.3 is 0 Å². The smallest absolute Gasteiger partial charge is 0.147 e. The fourth-order valence-electron chi connectivity index (χ4n) is 4.56. The molecule has 2 N–H and O–H groups in total. The molecule has 2 aliphatic rings. The number of aliphatic hydroxyl groups excluding tert-OH is 2. The van der Waals surface area contributed by atoms with Gasteiger partial charge in [-0.15, -0.1) is 0 Å². The van der Waals surface area contributed by atoms with Crippen molar-refractivity contribution in [3.05, 3.63) is 35.4 Å². The summed E-state index contributed by atoms with van der Waals surface area (Å²) in [5.41, 5.74) is 1.70. The van der Waals surface area contributed by atoms with E-state index in [1.54, 1.807) is 21.3 Å². The summed E-state index contributed by atoms with van der Waals surface area (Å²) in [4.78, 5) is 0. The second-order valence-electron chi connectivity index (χ2n) is 7.42. The van der Waals surface area contributed by atoms with Gasteiger partial charge in [0.2, 0.25) is 0 Å². The predicted octanol–water partition coefficient (Wildman–Crippen LogP) is 2.98. The van der Waals surface area contributed by atoms with Gasteiger partial charge in [-0.3, -0.25) is 0 Å². The summed E-state index contributed by atoms with van der Waals surface area (Å²) in [6.07, 6.45) is 4.22. The normalized spacial score (nSPS) is 28.9. The van der Waals surface area contributed by atoms with Crippen LogP contribution in [0.15, 0.2) is 29.8 Å². The van der Waals surface area contributed by atoms with Crippen LogP contribution in [0.2, 0.25) is 0 Å². The molecule has 1 aromatic rings. The molecule has 6 heteroatoms. The maximum Gasteiger partial charge on any atom is 0.147 e. The molecular formula is C21H30O6. The molecule has 27 heavy (non-hydrogen) atoms. The first-order valence-corrected chi connectivity index (χ1v) is 9.45. The van der Waals surface area contributed by atoms with Crippen molar-refractivity contribution < 1.29 is 29.2 Å². The first-order chi connectivity index (χ1) is 13.0. The summed E-state index contributed by atoms with van der Waals surface area (Å²) >= 11 is 0. The van der Waals surface area contributed by atoms with Gasteiger partial charge in [-0.2, -0.15) is 0 Å². The van der Waals surface area contributed by atoms with E-state index in [1.807, 2.05) is 24.3 Å². The van der Waals surface area contributed by atoms with Crippen molar-refractivity contribution in [2.45, 2.75) is 50.4 Å². The zero-order valence-corrected chi connectivity index (χ0v) is 16.3. The van der Waals surface area contributed by atoms with E-state index in [0.29, 0.717) is 17.9 Å². The molecule has 1 saturated carbocycles. The van der Waals surface area contributed by atoms with Crippen molar-refractivity contribution >= 4 is 0 Å². The SMILES string of the molecule is COCO[C@@H](c1cc(OC)cc(OC)c1)[C@]12CCCCC1=CC(O)C(O)C2. The quantitative estimate of drug-likeness (QED) is 0.561. The number of fused-ring (bicyclic) bond motifs is 1. The molecule has 0 radical (unpaired) electrons. The van der Waals surface area contributed by atoms with Gasteiger partial charge in [0.15, 0.2) is 0 Å². The highest BCUT2D eigenvalue weighted by Gasteiger charge is 2.49. The summed E-state index contributed by atoms with van der Waals surface area (Å²) in [6.45, 7) is 0.137. The van der Waals surface area contributed by atoms with Crippen LogP contribution in [0.25, 0.3) is 0 Å². The van der Waals surface area contributed by atoms with E-state index < -0.39 is 12.2 Å². The largest absolute Gasteiger partial charge is 0.497 e. The molecule has 3 rings (SSSR count). The number of rotatable bonds is 7. The van der Waals surface area contributed by atoms with Crippen LogP contribution < -0.4 is 9.47 Å². The minimum absolute atomic E-state index is 0.137. The lowest BCUT2D eigenvalue weighted by molar-refractivity contribution is -0.135. The highest BCUT2D eigenvalue weighted by Crippen LogP contribution is 2.56. The summed E-state index contributed by atoms with van der Waals surface area (Å²) in [7, 11) is 4.83. The molecule has 0 aromatic heterocycles. The third-order valence-corrected chi connectivity index (χ3v) is 5.83. The molecule has 1 fully saturated rings. The predicted molar refractivity (Wildman–Crippen MR) is 101 cm³/mol. The first-order valence-electron chi connectivity index (χ1n) is 9.45. The highest BCUT2D eigenvalue weighted by molar-refractivity contribution is 5.42. The van der Waals surface area contributed by atoms with Crippen molar-refractivity contribution in [3.63, 3.8) is 0 Å². The molecule has 0 bridgehead atoms. The average molecular weight is 378 g/mol. The molecule has 4 atom stereocenters.